The van der Waals surface area contributed by atoms with E-state index in [0.717, 1.165) is 32.4 Å². The zero-order chi connectivity index (χ0) is 17.9. The number of nitrogens with one attached hydrogen (secondary N) is 1. The summed E-state index contributed by atoms with van der Waals surface area (Å²) < 4.78 is 0. The maximum atomic E-state index is 10.1. The molecule has 0 amide bonds. The molecule has 5 rings (SSSR count). The molecule has 1 aliphatic heterocycles. The number of phenolic OH excluding ortho intramolecular Hbond substituents is 1. The Labute approximate surface area is 154 Å². The first kappa shape index (κ1) is 16.0. The monoisotopic (exact) mass is 346 g/mol. The van der Waals surface area contributed by atoms with Gasteiger partial charge in [-0.05, 0) is 81.1 Å². The lowest BCUT2D eigenvalue weighted by molar-refractivity contribution is 0.0994. The van der Waals surface area contributed by atoms with Crippen molar-refractivity contribution >= 4 is 10.9 Å². The van der Waals surface area contributed by atoms with Gasteiger partial charge in [0.25, 0.3) is 0 Å². The first-order valence-electron chi connectivity index (χ1n) is 9.63. The summed E-state index contributed by atoms with van der Waals surface area (Å²) in [6.45, 7) is 4.40. The average molecular weight is 346 g/mol. The number of hydrogen-bond acceptors (Lipinski definition) is 2. The molecule has 26 heavy (non-hydrogen) atoms. The van der Waals surface area contributed by atoms with Gasteiger partial charge in [0.2, 0.25) is 0 Å². The normalized spacial score (nSPS) is 25.8. The molecule has 3 heteroatoms. The fraction of sp³-hybridized carbons (Fsp3) is 0.391. The SMILES string of the molecule is Cc1ccc2[nH]c3c(c2c1)CC1CN(C)CC[C@]1(c1cccc(O)c1)C3. The number of aryl methyl sites for hydroxylation is 1. The summed E-state index contributed by atoms with van der Waals surface area (Å²) in [6, 6.07) is 14.7. The molecule has 1 aliphatic carbocycles. The van der Waals surface area contributed by atoms with Crippen LogP contribution in [0, 0.1) is 12.8 Å². The van der Waals surface area contributed by atoms with Gasteiger partial charge in [-0.1, -0.05) is 23.8 Å². The molecule has 1 saturated heterocycles. The average Bonchev–Trinajstić information content (AvgIpc) is 2.96. The van der Waals surface area contributed by atoms with Gasteiger partial charge in [0.15, 0.2) is 0 Å². The molecule has 0 radical (unpaired) electrons. The number of aromatic nitrogens is 1. The summed E-state index contributed by atoms with van der Waals surface area (Å²) in [4.78, 5) is 6.19. The van der Waals surface area contributed by atoms with Crippen LogP contribution in [-0.2, 0) is 18.3 Å². The molecule has 2 atom stereocenters. The van der Waals surface area contributed by atoms with Crippen molar-refractivity contribution in [3.8, 4) is 5.75 Å². The van der Waals surface area contributed by atoms with Crippen molar-refractivity contribution in [2.75, 3.05) is 20.1 Å². The van der Waals surface area contributed by atoms with E-state index in [2.05, 4.69) is 48.1 Å². The van der Waals surface area contributed by atoms with Crippen LogP contribution in [0.2, 0.25) is 0 Å². The lowest BCUT2D eigenvalue weighted by Gasteiger charge is -2.50. The maximum Gasteiger partial charge on any atom is 0.115 e. The van der Waals surface area contributed by atoms with E-state index < -0.39 is 0 Å². The number of piperidine rings is 1. The summed E-state index contributed by atoms with van der Waals surface area (Å²) in [5.41, 5.74) is 6.92. The molecule has 1 aromatic heterocycles. The summed E-state index contributed by atoms with van der Waals surface area (Å²) >= 11 is 0. The van der Waals surface area contributed by atoms with Crippen molar-refractivity contribution in [1.29, 1.82) is 0 Å². The highest BCUT2D eigenvalue weighted by molar-refractivity contribution is 5.85. The molecule has 2 aromatic carbocycles. The molecule has 0 bridgehead atoms. The number of aromatic amines is 1. The number of nitrogens with zero attached hydrogens (tertiary/aromatic N) is 1. The topological polar surface area (TPSA) is 39.3 Å². The van der Waals surface area contributed by atoms with Gasteiger partial charge >= 0.3 is 0 Å². The third-order valence-corrected chi connectivity index (χ3v) is 6.77. The molecule has 2 heterocycles. The van der Waals surface area contributed by atoms with Crippen LogP contribution in [0.4, 0.5) is 0 Å². The summed E-state index contributed by atoms with van der Waals surface area (Å²) in [5, 5.41) is 11.5. The smallest absolute Gasteiger partial charge is 0.115 e. The van der Waals surface area contributed by atoms with Crippen LogP contribution in [0.1, 0.15) is 28.8 Å². The Balaban J connectivity index is 1.68. The first-order valence-corrected chi connectivity index (χ1v) is 9.63. The number of fused-ring (bicyclic) bond motifs is 4. The van der Waals surface area contributed by atoms with Crippen LogP contribution in [-0.4, -0.2) is 35.1 Å². The van der Waals surface area contributed by atoms with Crippen LogP contribution in [0.15, 0.2) is 42.5 Å². The minimum absolute atomic E-state index is 0.119. The molecule has 2 aliphatic rings. The van der Waals surface area contributed by atoms with E-state index in [1.165, 1.54) is 33.3 Å². The van der Waals surface area contributed by atoms with E-state index in [1.54, 1.807) is 6.07 Å². The standard InChI is InChI=1S/C23H26N2O/c1-15-6-7-21-19(10-15)20-12-17-14-25(2)9-8-23(17,13-22(20)24-21)16-4-3-5-18(26)11-16/h3-7,10-11,17,24,26H,8-9,12-14H2,1-2H3/t17?,23-/m1/s1. The van der Waals surface area contributed by atoms with Crippen LogP contribution < -0.4 is 0 Å². The molecule has 3 aromatic rings. The number of hydrogen-bond donors (Lipinski definition) is 2. The summed E-state index contributed by atoms with van der Waals surface area (Å²) in [7, 11) is 2.24. The van der Waals surface area contributed by atoms with E-state index in [0.29, 0.717) is 11.7 Å². The zero-order valence-corrected chi connectivity index (χ0v) is 15.5. The van der Waals surface area contributed by atoms with Crippen LogP contribution in [0.25, 0.3) is 10.9 Å². The van der Waals surface area contributed by atoms with Crippen LogP contribution in [0.5, 0.6) is 5.75 Å². The minimum Gasteiger partial charge on any atom is -0.508 e. The van der Waals surface area contributed by atoms with Gasteiger partial charge in [-0.25, -0.2) is 0 Å². The van der Waals surface area contributed by atoms with Crippen molar-refractivity contribution in [3.05, 3.63) is 64.8 Å². The number of rotatable bonds is 1. The number of aromatic hydroxyl groups is 1. The van der Waals surface area contributed by atoms with Crippen molar-refractivity contribution in [3.63, 3.8) is 0 Å². The molecular weight excluding hydrogens is 320 g/mol. The van der Waals surface area contributed by atoms with Crippen molar-refractivity contribution in [1.82, 2.24) is 9.88 Å². The molecule has 1 unspecified atom stereocenters. The van der Waals surface area contributed by atoms with Crippen molar-refractivity contribution < 1.29 is 5.11 Å². The Morgan fingerprint density at radius 1 is 1.19 bits per heavy atom. The second-order valence-corrected chi connectivity index (χ2v) is 8.43. The molecule has 0 saturated carbocycles. The molecule has 1 fully saturated rings. The van der Waals surface area contributed by atoms with Crippen LogP contribution >= 0.6 is 0 Å². The van der Waals surface area contributed by atoms with Gasteiger partial charge in [-0.2, -0.15) is 0 Å². The predicted molar refractivity (Wildman–Crippen MR) is 106 cm³/mol. The second-order valence-electron chi connectivity index (χ2n) is 8.43. The van der Waals surface area contributed by atoms with Gasteiger partial charge in [-0.3, -0.25) is 0 Å². The van der Waals surface area contributed by atoms with E-state index in [-0.39, 0.29) is 5.41 Å². The van der Waals surface area contributed by atoms with Crippen molar-refractivity contribution in [2.45, 2.75) is 31.6 Å². The zero-order valence-electron chi connectivity index (χ0n) is 15.5. The van der Waals surface area contributed by atoms with E-state index in [4.69, 9.17) is 0 Å². The van der Waals surface area contributed by atoms with Gasteiger partial charge in [0.1, 0.15) is 5.75 Å². The Morgan fingerprint density at radius 2 is 2.08 bits per heavy atom. The quantitative estimate of drug-likeness (QED) is 0.694. The predicted octanol–water partition coefficient (Wildman–Crippen LogP) is 4.17. The van der Waals surface area contributed by atoms with E-state index in [9.17, 15) is 5.11 Å². The molecule has 134 valence electrons. The van der Waals surface area contributed by atoms with Gasteiger partial charge < -0.3 is 15.0 Å². The largest absolute Gasteiger partial charge is 0.508 e. The van der Waals surface area contributed by atoms with Gasteiger partial charge in [0.05, 0.1) is 0 Å². The lowest BCUT2D eigenvalue weighted by Crippen LogP contribution is -2.52. The molecule has 3 nitrogen and oxygen atoms in total. The molecule has 0 spiro atoms. The highest BCUT2D eigenvalue weighted by Crippen LogP contribution is 2.49. The minimum atomic E-state index is 0.119. The fourth-order valence-electron chi connectivity index (χ4n) is 5.39. The summed E-state index contributed by atoms with van der Waals surface area (Å²) in [6.07, 6.45) is 3.29. The number of H-pyrrole nitrogens is 1. The molecular formula is C23H26N2O. The van der Waals surface area contributed by atoms with Gasteiger partial charge in [-0.15, -0.1) is 0 Å². The third kappa shape index (κ3) is 2.30. The third-order valence-electron chi connectivity index (χ3n) is 6.77. The van der Waals surface area contributed by atoms with E-state index >= 15 is 0 Å². The number of benzene rings is 2. The Morgan fingerprint density at radius 3 is 2.92 bits per heavy atom. The Hall–Kier alpha value is -2.26. The highest BCUT2D eigenvalue weighted by atomic mass is 16.3. The number of likely N-dealkylation sites (tertiary alicyclic amines) is 1. The fourth-order valence-corrected chi connectivity index (χ4v) is 5.39. The van der Waals surface area contributed by atoms with Crippen molar-refractivity contribution in [2.24, 2.45) is 5.92 Å². The Kier molecular flexibility index (Phi) is 3.45. The number of phenols is 1. The lowest BCUT2D eigenvalue weighted by atomic mass is 9.59. The highest BCUT2D eigenvalue weighted by Gasteiger charge is 2.47. The van der Waals surface area contributed by atoms with Crippen LogP contribution in [0.3, 0.4) is 0 Å². The second kappa shape index (κ2) is 5.62. The first-order chi connectivity index (χ1) is 12.5. The van der Waals surface area contributed by atoms with Gasteiger partial charge in [0, 0.05) is 28.6 Å². The Bertz CT molecular complexity index is 989. The maximum absolute atomic E-state index is 10.1. The van der Waals surface area contributed by atoms with E-state index in [1.807, 2.05) is 12.1 Å². The molecule has 2 N–H and O–H groups in total. The summed E-state index contributed by atoms with van der Waals surface area (Å²) in [5.74, 6) is 0.961.